The SMILES string of the molecule is Cc1ccc(C)c(N2N=C(C(=O)Nc3cccc(-n4cnnn4)c3)CCC2=O)c1. The Morgan fingerprint density at radius 2 is 1.97 bits per heavy atom. The van der Waals surface area contributed by atoms with Gasteiger partial charge in [0.2, 0.25) is 5.91 Å². The number of benzene rings is 2. The first-order valence-electron chi connectivity index (χ1n) is 9.14. The van der Waals surface area contributed by atoms with Crippen LogP contribution in [0.4, 0.5) is 11.4 Å². The molecule has 0 radical (unpaired) electrons. The standard InChI is InChI=1S/C20H19N7O2/c1-13-6-7-14(2)18(10-13)27-19(28)9-8-17(23-27)20(29)22-15-4-3-5-16(11-15)26-12-21-24-25-26/h3-7,10-12H,8-9H2,1-2H3,(H,22,29). The van der Waals surface area contributed by atoms with Crippen LogP contribution in [0.5, 0.6) is 0 Å². The van der Waals surface area contributed by atoms with E-state index in [9.17, 15) is 9.59 Å². The molecule has 0 aliphatic carbocycles. The molecule has 4 rings (SSSR count). The van der Waals surface area contributed by atoms with E-state index in [1.165, 1.54) is 16.0 Å². The predicted octanol–water partition coefficient (Wildman–Crippen LogP) is 2.40. The third-order valence-corrected chi connectivity index (χ3v) is 4.61. The van der Waals surface area contributed by atoms with E-state index in [0.29, 0.717) is 29.2 Å². The van der Waals surface area contributed by atoms with Crippen molar-refractivity contribution in [3.05, 3.63) is 59.9 Å². The van der Waals surface area contributed by atoms with Gasteiger partial charge in [-0.3, -0.25) is 9.59 Å². The summed E-state index contributed by atoms with van der Waals surface area (Å²) >= 11 is 0. The zero-order valence-corrected chi connectivity index (χ0v) is 16.0. The number of aromatic nitrogens is 4. The minimum absolute atomic E-state index is 0.129. The van der Waals surface area contributed by atoms with Crippen molar-refractivity contribution in [3.8, 4) is 5.69 Å². The molecule has 0 fully saturated rings. The van der Waals surface area contributed by atoms with Crippen LogP contribution in [0.2, 0.25) is 0 Å². The second kappa shape index (κ2) is 7.63. The first kappa shape index (κ1) is 18.5. The van der Waals surface area contributed by atoms with Crippen molar-refractivity contribution < 1.29 is 9.59 Å². The molecule has 3 aromatic rings. The van der Waals surface area contributed by atoms with Crippen molar-refractivity contribution in [3.63, 3.8) is 0 Å². The number of tetrazole rings is 1. The van der Waals surface area contributed by atoms with Gasteiger partial charge in [-0.25, -0.2) is 9.69 Å². The van der Waals surface area contributed by atoms with Crippen LogP contribution in [0.1, 0.15) is 24.0 Å². The summed E-state index contributed by atoms with van der Waals surface area (Å²) in [5.41, 5.74) is 4.23. The van der Waals surface area contributed by atoms with Crippen LogP contribution < -0.4 is 10.3 Å². The average Bonchev–Trinajstić information content (AvgIpc) is 3.25. The first-order chi connectivity index (χ1) is 14.0. The maximum atomic E-state index is 12.8. The van der Waals surface area contributed by atoms with Crippen LogP contribution >= 0.6 is 0 Å². The van der Waals surface area contributed by atoms with Crippen LogP contribution in [0.25, 0.3) is 5.69 Å². The molecule has 0 bridgehead atoms. The fraction of sp³-hybridized carbons (Fsp3) is 0.200. The Balaban J connectivity index is 1.58. The van der Waals surface area contributed by atoms with E-state index in [2.05, 4.69) is 25.9 Å². The van der Waals surface area contributed by atoms with Gasteiger partial charge >= 0.3 is 0 Å². The molecule has 0 unspecified atom stereocenters. The zero-order chi connectivity index (χ0) is 20.4. The highest BCUT2D eigenvalue weighted by Gasteiger charge is 2.26. The maximum absolute atomic E-state index is 12.8. The summed E-state index contributed by atoms with van der Waals surface area (Å²) < 4.78 is 1.49. The number of aryl methyl sites for hydroxylation is 2. The van der Waals surface area contributed by atoms with Crippen LogP contribution in [0, 0.1) is 13.8 Å². The lowest BCUT2D eigenvalue weighted by Crippen LogP contribution is -2.36. The van der Waals surface area contributed by atoms with Crippen molar-refractivity contribution in [2.24, 2.45) is 5.10 Å². The summed E-state index contributed by atoms with van der Waals surface area (Å²) in [4.78, 5) is 25.2. The first-order valence-corrected chi connectivity index (χ1v) is 9.14. The van der Waals surface area contributed by atoms with Gasteiger partial charge in [0.25, 0.3) is 5.91 Å². The molecule has 9 nitrogen and oxygen atoms in total. The van der Waals surface area contributed by atoms with Gasteiger partial charge in [0.05, 0.1) is 11.4 Å². The number of hydrogen-bond donors (Lipinski definition) is 1. The van der Waals surface area contributed by atoms with Crippen molar-refractivity contribution >= 4 is 28.9 Å². The second-order valence-corrected chi connectivity index (χ2v) is 6.80. The Hall–Kier alpha value is -3.88. The summed E-state index contributed by atoms with van der Waals surface area (Å²) in [6, 6.07) is 12.9. The minimum atomic E-state index is -0.346. The molecule has 9 heteroatoms. The second-order valence-electron chi connectivity index (χ2n) is 6.80. The fourth-order valence-electron chi connectivity index (χ4n) is 3.06. The van der Waals surface area contributed by atoms with Crippen LogP contribution in [0.15, 0.2) is 53.9 Å². The topological polar surface area (TPSA) is 105 Å². The minimum Gasteiger partial charge on any atom is -0.321 e. The number of hydrazone groups is 1. The molecular weight excluding hydrogens is 370 g/mol. The summed E-state index contributed by atoms with van der Waals surface area (Å²) in [6.07, 6.45) is 1.99. The zero-order valence-electron chi connectivity index (χ0n) is 16.0. The highest BCUT2D eigenvalue weighted by molar-refractivity contribution is 6.44. The molecule has 146 valence electrons. The van der Waals surface area contributed by atoms with E-state index in [-0.39, 0.29) is 18.2 Å². The molecule has 0 spiro atoms. The molecule has 2 amide bonds. The lowest BCUT2D eigenvalue weighted by molar-refractivity contribution is -0.118. The monoisotopic (exact) mass is 389 g/mol. The Morgan fingerprint density at radius 3 is 2.76 bits per heavy atom. The smallest absolute Gasteiger partial charge is 0.271 e. The summed E-state index contributed by atoms with van der Waals surface area (Å²) in [7, 11) is 0. The Morgan fingerprint density at radius 1 is 1.10 bits per heavy atom. The molecular formula is C20H19N7O2. The quantitative estimate of drug-likeness (QED) is 0.738. The van der Waals surface area contributed by atoms with Gasteiger partial charge in [0.15, 0.2) is 0 Å². The molecule has 0 atom stereocenters. The van der Waals surface area contributed by atoms with E-state index in [1.54, 1.807) is 18.2 Å². The Labute approximate surface area is 167 Å². The van der Waals surface area contributed by atoms with E-state index < -0.39 is 0 Å². The largest absolute Gasteiger partial charge is 0.321 e. The number of carbonyl (C=O) groups excluding carboxylic acids is 2. The molecule has 1 N–H and O–H groups in total. The van der Waals surface area contributed by atoms with E-state index >= 15 is 0 Å². The summed E-state index contributed by atoms with van der Waals surface area (Å²) in [5, 5.41) is 19.6. The van der Waals surface area contributed by atoms with E-state index in [1.807, 2.05) is 38.1 Å². The number of anilines is 2. The van der Waals surface area contributed by atoms with Crippen LogP contribution in [0.3, 0.4) is 0 Å². The average molecular weight is 389 g/mol. The van der Waals surface area contributed by atoms with E-state index in [0.717, 1.165) is 11.1 Å². The van der Waals surface area contributed by atoms with Gasteiger partial charge < -0.3 is 5.32 Å². The molecule has 2 aromatic carbocycles. The van der Waals surface area contributed by atoms with Gasteiger partial charge in [-0.2, -0.15) is 5.10 Å². The summed E-state index contributed by atoms with van der Waals surface area (Å²) in [6.45, 7) is 3.86. The molecule has 1 aromatic heterocycles. The highest BCUT2D eigenvalue weighted by Crippen LogP contribution is 2.25. The van der Waals surface area contributed by atoms with Gasteiger partial charge in [0, 0.05) is 18.5 Å². The molecule has 1 aliphatic heterocycles. The predicted molar refractivity (Wildman–Crippen MR) is 108 cm³/mol. The lowest BCUT2D eigenvalue weighted by atomic mass is 10.1. The van der Waals surface area contributed by atoms with Crippen molar-refractivity contribution in [1.82, 2.24) is 20.2 Å². The third kappa shape index (κ3) is 3.88. The molecule has 0 saturated heterocycles. The van der Waals surface area contributed by atoms with Crippen molar-refractivity contribution in [2.75, 3.05) is 10.3 Å². The number of amides is 2. The normalized spacial score (nSPS) is 13.9. The molecule has 0 saturated carbocycles. The van der Waals surface area contributed by atoms with Gasteiger partial charge in [-0.15, -0.1) is 5.10 Å². The molecule has 29 heavy (non-hydrogen) atoms. The van der Waals surface area contributed by atoms with Gasteiger partial charge in [-0.05, 0) is 59.7 Å². The third-order valence-electron chi connectivity index (χ3n) is 4.61. The number of hydrogen-bond acceptors (Lipinski definition) is 6. The van der Waals surface area contributed by atoms with E-state index in [4.69, 9.17) is 0 Å². The van der Waals surface area contributed by atoms with Gasteiger partial charge in [0.1, 0.15) is 12.0 Å². The number of carbonyl (C=O) groups is 2. The van der Waals surface area contributed by atoms with Crippen LogP contribution in [-0.2, 0) is 9.59 Å². The maximum Gasteiger partial charge on any atom is 0.271 e. The number of nitrogens with one attached hydrogen (secondary N) is 1. The lowest BCUT2D eigenvalue weighted by Gasteiger charge is -2.24. The van der Waals surface area contributed by atoms with Gasteiger partial charge in [-0.1, -0.05) is 18.2 Å². The number of nitrogens with zero attached hydrogens (tertiary/aromatic N) is 6. The highest BCUT2D eigenvalue weighted by atomic mass is 16.2. The molecule has 2 heterocycles. The summed E-state index contributed by atoms with van der Waals surface area (Å²) in [5.74, 6) is -0.474. The Bertz CT molecular complexity index is 1110. The van der Waals surface area contributed by atoms with Crippen LogP contribution in [-0.4, -0.2) is 37.7 Å². The van der Waals surface area contributed by atoms with Crippen molar-refractivity contribution in [2.45, 2.75) is 26.7 Å². The number of rotatable bonds is 4. The fourth-order valence-corrected chi connectivity index (χ4v) is 3.06. The molecule has 1 aliphatic rings. The Kier molecular flexibility index (Phi) is 4.86. The van der Waals surface area contributed by atoms with Crippen molar-refractivity contribution in [1.29, 1.82) is 0 Å².